The minimum Gasteiger partial charge on any atom is -0.489 e. The Kier molecular flexibility index (Phi) is 6.34. The Bertz CT molecular complexity index is 753. The van der Waals surface area contributed by atoms with Gasteiger partial charge in [0.1, 0.15) is 30.3 Å². The highest BCUT2D eigenvalue weighted by Gasteiger charge is 2.31. The topological polar surface area (TPSA) is 65.6 Å². The highest BCUT2D eigenvalue weighted by Crippen LogP contribution is 2.37. The largest absolute Gasteiger partial charge is 0.489 e. The molecular formula is C20H30N6O. The zero-order valence-corrected chi connectivity index (χ0v) is 16.7. The highest BCUT2D eigenvalue weighted by molar-refractivity contribution is 5.69. The molecule has 0 spiro atoms. The second kappa shape index (κ2) is 8.90. The van der Waals surface area contributed by atoms with Gasteiger partial charge in [0.2, 0.25) is 0 Å². The van der Waals surface area contributed by atoms with E-state index in [1.165, 1.54) is 18.4 Å². The van der Waals surface area contributed by atoms with Gasteiger partial charge in [-0.2, -0.15) is 0 Å². The molecule has 2 aliphatic heterocycles. The molecule has 1 saturated heterocycles. The summed E-state index contributed by atoms with van der Waals surface area (Å²) in [5.74, 6) is 2.47. The van der Waals surface area contributed by atoms with Crippen LogP contribution >= 0.6 is 0 Å². The third-order valence-corrected chi connectivity index (χ3v) is 4.58. The van der Waals surface area contributed by atoms with Crippen LogP contribution in [-0.4, -0.2) is 61.2 Å². The Morgan fingerprint density at radius 2 is 1.93 bits per heavy atom. The average Bonchev–Trinajstić information content (AvgIpc) is 2.68. The van der Waals surface area contributed by atoms with Crippen LogP contribution in [0.15, 0.2) is 30.6 Å². The molecule has 1 aromatic heterocycles. The Morgan fingerprint density at radius 3 is 2.70 bits per heavy atom. The van der Waals surface area contributed by atoms with Crippen LogP contribution in [0.5, 0.6) is 5.75 Å². The van der Waals surface area contributed by atoms with Crippen molar-refractivity contribution in [3.05, 3.63) is 30.6 Å². The number of fused-ring (bicyclic) bond motifs is 3. The Morgan fingerprint density at radius 1 is 1.15 bits per heavy atom. The van der Waals surface area contributed by atoms with E-state index in [9.17, 15) is 0 Å². The number of aromatic nitrogens is 2. The molecule has 1 fully saturated rings. The lowest BCUT2D eigenvalue weighted by molar-refractivity contribution is 0.188. The second-order valence-electron chi connectivity index (χ2n) is 6.97. The van der Waals surface area contributed by atoms with Gasteiger partial charge in [-0.3, -0.25) is 0 Å². The van der Waals surface area contributed by atoms with E-state index in [2.05, 4.69) is 63.4 Å². The number of anilines is 4. The molecule has 2 aliphatic rings. The molecule has 0 aliphatic carbocycles. The van der Waals surface area contributed by atoms with Gasteiger partial charge in [-0.05, 0) is 19.2 Å². The predicted molar refractivity (Wildman–Crippen MR) is 111 cm³/mol. The zero-order valence-electron chi connectivity index (χ0n) is 16.7. The van der Waals surface area contributed by atoms with E-state index < -0.39 is 0 Å². The van der Waals surface area contributed by atoms with E-state index in [0.717, 1.165) is 49.3 Å². The first-order chi connectivity index (χ1) is 13.1. The number of hydrogen-bond donors (Lipinski definition) is 2. The molecule has 7 nitrogen and oxygen atoms in total. The van der Waals surface area contributed by atoms with Crippen LogP contribution in [0.2, 0.25) is 0 Å². The molecule has 0 radical (unpaired) electrons. The number of hydrogen-bond acceptors (Lipinski definition) is 7. The molecule has 27 heavy (non-hydrogen) atoms. The number of likely N-dealkylation sites (N-methyl/N-ethyl adjacent to an activating group) is 1. The van der Waals surface area contributed by atoms with Gasteiger partial charge in [0.05, 0.1) is 11.7 Å². The molecule has 1 aromatic carbocycles. The van der Waals surface area contributed by atoms with E-state index in [0.29, 0.717) is 6.04 Å². The van der Waals surface area contributed by atoms with E-state index in [-0.39, 0.29) is 0 Å². The summed E-state index contributed by atoms with van der Waals surface area (Å²) in [5.41, 5.74) is 2.14. The molecule has 0 saturated carbocycles. The quantitative estimate of drug-likeness (QED) is 0.860. The molecule has 2 aromatic rings. The van der Waals surface area contributed by atoms with Gasteiger partial charge >= 0.3 is 0 Å². The van der Waals surface area contributed by atoms with Gasteiger partial charge in [0, 0.05) is 44.5 Å². The number of ether oxygens (including phenoxy) is 1. The molecule has 3 heterocycles. The maximum atomic E-state index is 6.01. The minimum absolute atomic E-state index is 0.440. The zero-order chi connectivity index (χ0) is 19.2. The van der Waals surface area contributed by atoms with Crippen LogP contribution in [0, 0.1) is 0 Å². The van der Waals surface area contributed by atoms with Gasteiger partial charge in [0.15, 0.2) is 0 Å². The van der Waals surface area contributed by atoms with Crippen LogP contribution in [0.25, 0.3) is 0 Å². The molecule has 1 unspecified atom stereocenters. The fourth-order valence-corrected chi connectivity index (χ4v) is 3.31. The molecule has 7 heteroatoms. The number of nitrogens with zero attached hydrogens (tertiary/aromatic N) is 4. The third kappa shape index (κ3) is 4.60. The van der Waals surface area contributed by atoms with Gasteiger partial charge in [-0.1, -0.05) is 20.3 Å². The smallest absolute Gasteiger partial charge is 0.144 e. The van der Waals surface area contributed by atoms with E-state index in [4.69, 9.17) is 4.74 Å². The van der Waals surface area contributed by atoms with Gasteiger partial charge in [-0.15, -0.1) is 0 Å². The molecule has 146 valence electrons. The van der Waals surface area contributed by atoms with Crippen LogP contribution in [0.1, 0.15) is 20.3 Å². The van der Waals surface area contributed by atoms with E-state index in [1.54, 1.807) is 0 Å². The van der Waals surface area contributed by atoms with Crippen LogP contribution in [0.3, 0.4) is 0 Å². The first kappa shape index (κ1) is 19.2. The maximum absolute atomic E-state index is 6.01. The standard InChI is InChI=1S/C17H22N6O.C3H8/c1-18-16-8-17(20-11-19-16)21-12-3-4-14-15(7-12)24-10-13-9-22(2)5-6-23(13)14;1-3-2/h3-4,7-8,11,13H,5-6,9-10H2,1-2H3,(H2,18,19,20,21);3H2,1-2H3. The summed E-state index contributed by atoms with van der Waals surface area (Å²) >= 11 is 0. The first-order valence-electron chi connectivity index (χ1n) is 9.63. The molecular weight excluding hydrogens is 340 g/mol. The molecule has 2 N–H and O–H groups in total. The summed E-state index contributed by atoms with van der Waals surface area (Å²) < 4.78 is 6.01. The number of benzene rings is 1. The predicted octanol–water partition coefficient (Wildman–Crippen LogP) is 3.19. The first-order valence-corrected chi connectivity index (χ1v) is 9.63. The summed E-state index contributed by atoms with van der Waals surface area (Å²) in [6.45, 7) is 8.16. The van der Waals surface area contributed by atoms with Gasteiger partial charge < -0.3 is 25.2 Å². The van der Waals surface area contributed by atoms with Crippen molar-refractivity contribution >= 4 is 23.0 Å². The van der Waals surface area contributed by atoms with E-state index >= 15 is 0 Å². The SMILES string of the molecule is CCC.CNc1cc(Nc2ccc3c(c2)OCC2CN(C)CCN32)ncn1. The van der Waals surface area contributed by atoms with Gasteiger partial charge in [-0.25, -0.2) is 9.97 Å². The molecule has 0 bridgehead atoms. The Balaban J connectivity index is 0.000000659. The summed E-state index contributed by atoms with van der Waals surface area (Å²) in [6.07, 6.45) is 2.79. The molecule has 4 rings (SSSR count). The number of rotatable bonds is 3. The summed E-state index contributed by atoms with van der Waals surface area (Å²) in [7, 11) is 4.01. The van der Waals surface area contributed by atoms with Crippen molar-refractivity contribution in [1.29, 1.82) is 0 Å². The average molecular weight is 371 g/mol. The summed E-state index contributed by atoms with van der Waals surface area (Å²) in [6, 6.07) is 8.57. The Hall–Kier alpha value is -2.54. The van der Waals surface area contributed by atoms with Crippen LogP contribution in [-0.2, 0) is 0 Å². The fraction of sp³-hybridized carbons (Fsp3) is 0.500. The number of nitrogens with one attached hydrogen (secondary N) is 2. The lowest BCUT2D eigenvalue weighted by Gasteiger charge is -2.44. The van der Waals surface area contributed by atoms with Crippen LogP contribution in [0.4, 0.5) is 23.0 Å². The third-order valence-electron chi connectivity index (χ3n) is 4.58. The lowest BCUT2D eigenvalue weighted by atomic mass is 10.1. The van der Waals surface area contributed by atoms with Crippen molar-refractivity contribution in [3.8, 4) is 5.75 Å². The monoisotopic (exact) mass is 370 g/mol. The fourth-order valence-electron chi connectivity index (χ4n) is 3.31. The van der Waals surface area contributed by atoms with Crippen molar-refractivity contribution in [2.45, 2.75) is 26.3 Å². The van der Waals surface area contributed by atoms with Crippen molar-refractivity contribution < 1.29 is 4.74 Å². The van der Waals surface area contributed by atoms with Crippen molar-refractivity contribution in [2.75, 3.05) is 55.9 Å². The number of piperazine rings is 1. The minimum atomic E-state index is 0.440. The van der Waals surface area contributed by atoms with Gasteiger partial charge in [0.25, 0.3) is 0 Å². The molecule has 0 amide bonds. The normalized spacial score (nSPS) is 18.4. The summed E-state index contributed by atoms with van der Waals surface area (Å²) in [5, 5.41) is 6.32. The lowest BCUT2D eigenvalue weighted by Crippen LogP contribution is -2.56. The Labute approximate surface area is 161 Å². The summed E-state index contributed by atoms with van der Waals surface area (Å²) in [4.78, 5) is 13.2. The van der Waals surface area contributed by atoms with Crippen LogP contribution < -0.4 is 20.3 Å². The highest BCUT2D eigenvalue weighted by atomic mass is 16.5. The van der Waals surface area contributed by atoms with Crippen molar-refractivity contribution in [2.24, 2.45) is 0 Å². The maximum Gasteiger partial charge on any atom is 0.144 e. The molecule has 1 atom stereocenters. The van der Waals surface area contributed by atoms with Crippen molar-refractivity contribution in [1.82, 2.24) is 14.9 Å². The van der Waals surface area contributed by atoms with E-state index in [1.807, 2.05) is 19.2 Å². The second-order valence-corrected chi connectivity index (χ2v) is 6.97. The van der Waals surface area contributed by atoms with Crippen molar-refractivity contribution in [3.63, 3.8) is 0 Å².